The summed E-state index contributed by atoms with van der Waals surface area (Å²) in [5.74, 6) is 0.799. The van der Waals surface area contributed by atoms with Crippen LogP contribution >= 0.6 is 11.3 Å². The molecular weight excluding hydrogens is 328 g/mol. The van der Waals surface area contributed by atoms with Gasteiger partial charge in [0, 0.05) is 36.4 Å². The highest BCUT2D eigenvalue weighted by molar-refractivity contribution is 7.07. The van der Waals surface area contributed by atoms with Crippen LogP contribution in [-0.4, -0.2) is 24.3 Å². The number of aromatic nitrogens is 5. The highest BCUT2D eigenvalue weighted by Gasteiger charge is 2.15. The minimum Gasteiger partial charge on any atom is -0.339 e. The average molecular weight is 341 g/mol. The Morgan fingerprint density at radius 1 is 1.43 bits per heavy atom. The van der Waals surface area contributed by atoms with E-state index in [1.54, 1.807) is 9.95 Å². The van der Waals surface area contributed by atoms with Crippen molar-refractivity contribution in [1.29, 1.82) is 0 Å². The van der Waals surface area contributed by atoms with E-state index in [0.29, 0.717) is 18.9 Å². The Bertz CT molecular complexity index is 851. The molecule has 23 heavy (non-hydrogen) atoms. The first kappa shape index (κ1) is 15.5. The highest BCUT2D eigenvalue weighted by atomic mass is 32.1. The maximum Gasteiger partial charge on any atom is 0.319 e. The van der Waals surface area contributed by atoms with Crippen molar-refractivity contribution in [2.75, 3.05) is 0 Å². The van der Waals surface area contributed by atoms with Gasteiger partial charge in [-0.15, -0.1) is 0 Å². The second kappa shape index (κ2) is 6.41. The molecule has 0 unspecified atom stereocenters. The van der Waals surface area contributed by atoms with Crippen molar-refractivity contribution in [1.82, 2.24) is 24.3 Å². The second-order valence-electron chi connectivity index (χ2n) is 4.85. The molecule has 0 atom stereocenters. The zero-order valence-electron chi connectivity index (χ0n) is 12.1. The van der Waals surface area contributed by atoms with Crippen LogP contribution < -0.4 is 4.87 Å². The zero-order chi connectivity index (χ0) is 16.4. The maximum atomic E-state index is 12.7. The molecule has 0 saturated carbocycles. The number of aryl methyl sites for hydroxylation is 2. The van der Waals surface area contributed by atoms with Crippen molar-refractivity contribution < 1.29 is 13.3 Å². The van der Waals surface area contributed by atoms with Crippen LogP contribution in [0.3, 0.4) is 0 Å². The Morgan fingerprint density at radius 2 is 2.26 bits per heavy atom. The number of hydrogen-bond donors (Lipinski definition) is 0. The normalized spacial score (nSPS) is 11.5. The van der Waals surface area contributed by atoms with Crippen LogP contribution in [0.1, 0.15) is 29.8 Å². The number of alkyl halides is 2. The summed E-state index contributed by atoms with van der Waals surface area (Å²) in [7, 11) is 0. The number of thiazole rings is 1. The molecule has 122 valence electrons. The van der Waals surface area contributed by atoms with Gasteiger partial charge in [0.25, 0.3) is 0 Å². The van der Waals surface area contributed by atoms with E-state index in [9.17, 15) is 13.6 Å². The van der Waals surface area contributed by atoms with E-state index in [-0.39, 0.29) is 22.9 Å². The number of imidazole rings is 1. The third-order valence-electron chi connectivity index (χ3n) is 3.31. The van der Waals surface area contributed by atoms with Crippen LogP contribution in [0.25, 0.3) is 0 Å². The van der Waals surface area contributed by atoms with Gasteiger partial charge in [0.1, 0.15) is 5.82 Å². The number of hydrogen-bond acceptors (Lipinski definition) is 6. The molecule has 0 spiro atoms. The topological polar surface area (TPSA) is 78.7 Å². The summed E-state index contributed by atoms with van der Waals surface area (Å²) in [6.07, 6.45) is 2.95. The van der Waals surface area contributed by atoms with Gasteiger partial charge >= 0.3 is 11.4 Å². The molecule has 0 aliphatic carbocycles. The average Bonchev–Trinajstić information content (AvgIpc) is 3.20. The predicted octanol–water partition coefficient (Wildman–Crippen LogP) is 2.03. The molecule has 0 N–H and O–H groups in total. The number of rotatable bonds is 6. The van der Waals surface area contributed by atoms with Crippen molar-refractivity contribution >= 4 is 11.3 Å². The van der Waals surface area contributed by atoms with E-state index >= 15 is 0 Å². The summed E-state index contributed by atoms with van der Waals surface area (Å²) in [4.78, 5) is 19.6. The fraction of sp³-hybridized carbons (Fsp3) is 0.385. The van der Waals surface area contributed by atoms with Crippen molar-refractivity contribution in [3.63, 3.8) is 0 Å². The van der Waals surface area contributed by atoms with Gasteiger partial charge in [0.2, 0.25) is 5.89 Å². The number of halogens is 2. The standard InChI is InChI=1S/C13H13F2N5O2S/c1-8-7-23-13(21)19(8)4-2-11-17-9(18-22-11)6-10-16-3-5-20(10)12(14)15/h3,5,7,12H,2,4,6H2,1H3. The quantitative estimate of drug-likeness (QED) is 0.685. The van der Waals surface area contributed by atoms with Crippen LogP contribution in [0.15, 0.2) is 27.1 Å². The predicted molar refractivity (Wildman–Crippen MR) is 77.6 cm³/mol. The molecule has 10 heteroatoms. The Morgan fingerprint density at radius 3 is 2.96 bits per heavy atom. The van der Waals surface area contributed by atoms with Crippen LogP contribution in [0, 0.1) is 6.92 Å². The first-order chi connectivity index (χ1) is 11.0. The molecule has 0 amide bonds. The minimum absolute atomic E-state index is 0.0406. The molecule has 3 heterocycles. The summed E-state index contributed by atoms with van der Waals surface area (Å²) in [5.41, 5.74) is 0.874. The molecule has 3 aromatic heterocycles. The van der Waals surface area contributed by atoms with Crippen molar-refractivity contribution in [3.05, 3.63) is 50.7 Å². The SMILES string of the molecule is Cc1csc(=O)n1CCc1nc(Cc2nccn2C(F)F)no1. The van der Waals surface area contributed by atoms with E-state index in [0.717, 1.165) is 21.6 Å². The minimum atomic E-state index is -2.66. The summed E-state index contributed by atoms with van der Waals surface area (Å²) >= 11 is 1.14. The van der Waals surface area contributed by atoms with Crippen LogP contribution in [0.2, 0.25) is 0 Å². The van der Waals surface area contributed by atoms with Crippen LogP contribution in [-0.2, 0) is 19.4 Å². The fourth-order valence-electron chi connectivity index (χ4n) is 2.15. The largest absolute Gasteiger partial charge is 0.339 e. The van der Waals surface area contributed by atoms with Gasteiger partial charge in [-0.1, -0.05) is 16.5 Å². The summed E-state index contributed by atoms with van der Waals surface area (Å²) < 4.78 is 33.0. The van der Waals surface area contributed by atoms with Crippen molar-refractivity contribution in [2.45, 2.75) is 32.9 Å². The molecule has 0 fully saturated rings. The summed E-state index contributed by atoms with van der Waals surface area (Å²) in [6.45, 7) is -0.379. The number of nitrogens with zero attached hydrogens (tertiary/aromatic N) is 5. The lowest BCUT2D eigenvalue weighted by atomic mass is 10.3. The van der Waals surface area contributed by atoms with E-state index in [2.05, 4.69) is 15.1 Å². The molecule has 7 nitrogen and oxygen atoms in total. The van der Waals surface area contributed by atoms with Crippen molar-refractivity contribution in [2.24, 2.45) is 0 Å². The molecular formula is C13H13F2N5O2S. The maximum absolute atomic E-state index is 12.7. The molecule has 0 aliphatic rings. The fourth-order valence-corrected chi connectivity index (χ4v) is 2.91. The smallest absolute Gasteiger partial charge is 0.319 e. The van der Waals surface area contributed by atoms with E-state index in [1.807, 2.05) is 6.92 Å². The van der Waals surface area contributed by atoms with Gasteiger partial charge in [-0.25, -0.2) is 4.98 Å². The van der Waals surface area contributed by atoms with Gasteiger partial charge in [-0.2, -0.15) is 13.8 Å². The summed E-state index contributed by atoms with van der Waals surface area (Å²) in [6, 6.07) is 0. The Balaban J connectivity index is 1.66. The van der Waals surface area contributed by atoms with Gasteiger partial charge < -0.3 is 9.09 Å². The van der Waals surface area contributed by atoms with E-state index in [1.165, 1.54) is 12.4 Å². The van der Waals surface area contributed by atoms with Crippen LogP contribution in [0.5, 0.6) is 0 Å². The van der Waals surface area contributed by atoms with Gasteiger partial charge in [0.05, 0.1) is 6.42 Å². The first-order valence-electron chi connectivity index (χ1n) is 6.81. The van der Waals surface area contributed by atoms with Gasteiger partial charge in [-0.3, -0.25) is 9.36 Å². The molecule has 0 aromatic carbocycles. The molecule has 0 radical (unpaired) electrons. The van der Waals surface area contributed by atoms with Crippen molar-refractivity contribution in [3.8, 4) is 0 Å². The lowest BCUT2D eigenvalue weighted by Crippen LogP contribution is -2.16. The molecule has 3 rings (SSSR count). The van der Waals surface area contributed by atoms with E-state index in [4.69, 9.17) is 4.52 Å². The lowest BCUT2D eigenvalue weighted by Gasteiger charge is -2.03. The zero-order valence-corrected chi connectivity index (χ0v) is 13.0. The Hall–Kier alpha value is -2.36. The monoisotopic (exact) mass is 341 g/mol. The third kappa shape index (κ3) is 3.36. The van der Waals surface area contributed by atoms with Crippen LogP contribution in [0.4, 0.5) is 8.78 Å². The second-order valence-corrected chi connectivity index (χ2v) is 5.67. The summed E-state index contributed by atoms with van der Waals surface area (Å²) in [5, 5.41) is 5.55. The Kier molecular flexibility index (Phi) is 4.33. The lowest BCUT2D eigenvalue weighted by molar-refractivity contribution is 0.0673. The Labute approximate surface area is 133 Å². The molecule has 0 aliphatic heterocycles. The van der Waals surface area contributed by atoms with E-state index < -0.39 is 6.55 Å². The molecule has 0 bridgehead atoms. The molecule has 0 saturated heterocycles. The van der Waals surface area contributed by atoms with Gasteiger partial charge in [-0.05, 0) is 6.92 Å². The highest BCUT2D eigenvalue weighted by Crippen LogP contribution is 2.14. The first-order valence-corrected chi connectivity index (χ1v) is 7.69. The van der Waals surface area contributed by atoms with Gasteiger partial charge in [0.15, 0.2) is 5.82 Å². The molecule has 3 aromatic rings. The third-order valence-corrected chi connectivity index (χ3v) is 4.19.